The van der Waals surface area contributed by atoms with Crippen LogP contribution in [0.25, 0.3) is 0 Å². The molecule has 3 rings (SSSR count). The molecule has 0 spiro atoms. The zero-order valence-corrected chi connectivity index (χ0v) is 12.7. The highest BCUT2D eigenvalue weighted by molar-refractivity contribution is 5.95. The van der Waals surface area contributed by atoms with E-state index < -0.39 is 29.8 Å². The average molecular weight is 358 g/mol. The third-order valence-electron chi connectivity index (χ3n) is 3.83. The van der Waals surface area contributed by atoms with Crippen molar-refractivity contribution in [1.29, 1.82) is 0 Å². The van der Waals surface area contributed by atoms with Crippen molar-refractivity contribution in [3.05, 3.63) is 35.5 Å². The van der Waals surface area contributed by atoms with Gasteiger partial charge in [-0.05, 0) is 18.9 Å². The molecule has 0 aromatic carbocycles. The molecule has 1 aliphatic heterocycles. The second kappa shape index (κ2) is 6.22. The number of hydrogen-bond donors (Lipinski definition) is 1. The summed E-state index contributed by atoms with van der Waals surface area (Å²) in [6.07, 6.45) is -2.48. The zero-order valence-electron chi connectivity index (χ0n) is 12.7. The summed E-state index contributed by atoms with van der Waals surface area (Å²) in [6.45, 7) is 0.158. The van der Waals surface area contributed by atoms with Gasteiger partial charge in [-0.3, -0.25) is 9.48 Å². The van der Waals surface area contributed by atoms with Crippen molar-refractivity contribution in [2.45, 2.75) is 31.6 Å². The number of nitrogens with zero attached hydrogens (tertiary/aromatic N) is 4. The third kappa shape index (κ3) is 3.49. The lowest BCUT2D eigenvalue weighted by Gasteiger charge is -2.19. The monoisotopic (exact) mass is 358 g/mol. The number of carboxylic acid groups (broad SMARTS) is 1. The molecule has 8 nitrogen and oxygen atoms in total. The first kappa shape index (κ1) is 17.0. The van der Waals surface area contributed by atoms with E-state index in [-0.39, 0.29) is 18.0 Å². The van der Waals surface area contributed by atoms with Gasteiger partial charge in [0.2, 0.25) is 0 Å². The van der Waals surface area contributed by atoms with Gasteiger partial charge in [0.15, 0.2) is 17.1 Å². The summed E-state index contributed by atoms with van der Waals surface area (Å²) in [5, 5.41) is 16.1. The summed E-state index contributed by atoms with van der Waals surface area (Å²) >= 11 is 0. The summed E-state index contributed by atoms with van der Waals surface area (Å²) in [5.74, 6) is -1.55. The predicted molar refractivity (Wildman–Crippen MR) is 74.5 cm³/mol. The third-order valence-corrected chi connectivity index (χ3v) is 3.83. The topological polar surface area (TPSA) is 101 Å². The summed E-state index contributed by atoms with van der Waals surface area (Å²) in [4.78, 5) is 24.7. The van der Waals surface area contributed by atoms with Crippen LogP contribution in [0.4, 0.5) is 13.2 Å². The minimum Gasteiger partial charge on any atom is -0.480 e. The number of hydrogen-bond acceptors (Lipinski definition) is 5. The molecule has 0 bridgehead atoms. The molecule has 1 N–H and O–H groups in total. The molecule has 1 amide bonds. The van der Waals surface area contributed by atoms with Crippen molar-refractivity contribution < 1.29 is 32.4 Å². The Morgan fingerprint density at radius 1 is 1.40 bits per heavy atom. The molecule has 0 saturated carbocycles. The van der Waals surface area contributed by atoms with E-state index in [0.29, 0.717) is 19.4 Å². The molecule has 0 radical (unpaired) electrons. The van der Waals surface area contributed by atoms with Crippen LogP contribution in [0.3, 0.4) is 0 Å². The van der Waals surface area contributed by atoms with Crippen molar-refractivity contribution >= 4 is 11.9 Å². The number of likely N-dealkylation sites (tertiary alicyclic amines) is 1. The largest absolute Gasteiger partial charge is 0.480 e. The van der Waals surface area contributed by atoms with E-state index in [0.717, 1.165) is 16.9 Å². The molecule has 1 fully saturated rings. The number of carboxylic acids is 1. The highest BCUT2D eigenvalue weighted by Crippen LogP contribution is 2.27. The quantitative estimate of drug-likeness (QED) is 0.891. The van der Waals surface area contributed by atoms with Crippen molar-refractivity contribution in [3.63, 3.8) is 0 Å². The number of carbonyl (C=O) groups excluding carboxylic acids is 1. The number of alkyl halides is 3. The number of rotatable bonds is 4. The fourth-order valence-electron chi connectivity index (χ4n) is 2.66. The minimum atomic E-state index is -4.55. The van der Waals surface area contributed by atoms with Crippen LogP contribution in [0.5, 0.6) is 0 Å². The molecule has 0 aliphatic carbocycles. The van der Waals surface area contributed by atoms with Crippen molar-refractivity contribution in [2.24, 2.45) is 0 Å². The molecule has 2 aromatic heterocycles. The second-order valence-electron chi connectivity index (χ2n) is 5.57. The van der Waals surface area contributed by atoms with Gasteiger partial charge < -0.3 is 14.5 Å². The molecule has 2 aromatic rings. The molecule has 25 heavy (non-hydrogen) atoms. The van der Waals surface area contributed by atoms with Gasteiger partial charge in [-0.2, -0.15) is 18.3 Å². The van der Waals surface area contributed by atoms with Crippen LogP contribution in [0, 0.1) is 0 Å². The molecule has 11 heteroatoms. The van der Waals surface area contributed by atoms with Crippen LogP contribution < -0.4 is 0 Å². The van der Waals surface area contributed by atoms with Gasteiger partial charge in [-0.15, -0.1) is 0 Å². The van der Waals surface area contributed by atoms with E-state index >= 15 is 0 Å². The van der Waals surface area contributed by atoms with E-state index in [1.807, 2.05) is 0 Å². The Balaban J connectivity index is 1.71. The van der Waals surface area contributed by atoms with Gasteiger partial charge in [-0.25, -0.2) is 4.79 Å². The van der Waals surface area contributed by atoms with Gasteiger partial charge in [0.05, 0.1) is 0 Å². The Morgan fingerprint density at radius 3 is 2.80 bits per heavy atom. The van der Waals surface area contributed by atoms with E-state index in [2.05, 4.69) is 10.3 Å². The summed E-state index contributed by atoms with van der Waals surface area (Å²) < 4.78 is 43.5. The van der Waals surface area contributed by atoms with Crippen LogP contribution in [0.2, 0.25) is 0 Å². The van der Waals surface area contributed by atoms with Crippen molar-refractivity contribution in [3.8, 4) is 0 Å². The number of amides is 1. The Kier molecular flexibility index (Phi) is 4.23. The lowest BCUT2D eigenvalue weighted by Crippen LogP contribution is -2.40. The first-order valence-electron chi connectivity index (χ1n) is 7.36. The van der Waals surface area contributed by atoms with Crippen LogP contribution in [-0.4, -0.2) is 49.4 Å². The minimum absolute atomic E-state index is 0.0913. The number of aromatic nitrogens is 3. The first-order valence-corrected chi connectivity index (χ1v) is 7.36. The first-order chi connectivity index (χ1) is 11.8. The number of aliphatic carboxylic acids is 1. The van der Waals surface area contributed by atoms with E-state index in [4.69, 9.17) is 9.63 Å². The average Bonchev–Trinajstić information content (AvgIpc) is 3.26. The van der Waals surface area contributed by atoms with Crippen LogP contribution in [-0.2, 0) is 17.5 Å². The normalized spacial score (nSPS) is 17.9. The van der Waals surface area contributed by atoms with Crippen LogP contribution in [0.15, 0.2) is 22.9 Å². The van der Waals surface area contributed by atoms with E-state index in [1.165, 1.54) is 11.0 Å². The molecule has 1 saturated heterocycles. The Morgan fingerprint density at radius 2 is 2.16 bits per heavy atom. The number of carbonyl (C=O) groups is 2. The lowest BCUT2D eigenvalue weighted by molar-refractivity contribution is -0.142. The Labute approximate surface area is 138 Å². The summed E-state index contributed by atoms with van der Waals surface area (Å²) in [5.41, 5.74) is -1.13. The molecular weight excluding hydrogens is 345 g/mol. The maximum Gasteiger partial charge on any atom is 0.435 e. The lowest BCUT2D eigenvalue weighted by atomic mass is 10.2. The summed E-state index contributed by atoms with van der Waals surface area (Å²) in [6, 6.07) is 1.19. The van der Waals surface area contributed by atoms with Gasteiger partial charge in [-0.1, -0.05) is 5.16 Å². The van der Waals surface area contributed by atoms with Gasteiger partial charge >= 0.3 is 12.1 Å². The van der Waals surface area contributed by atoms with E-state index in [9.17, 15) is 22.8 Å². The smallest absolute Gasteiger partial charge is 0.435 e. The molecule has 1 aliphatic rings. The number of halogens is 3. The molecule has 1 atom stereocenters. The SMILES string of the molecule is O=C(O)C1CCCN1C(=O)c1cc(Cn2ccc(C(F)(F)F)n2)on1. The van der Waals surface area contributed by atoms with Gasteiger partial charge in [0.1, 0.15) is 12.6 Å². The fourth-order valence-corrected chi connectivity index (χ4v) is 2.66. The van der Waals surface area contributed by atoms with Gasteiger partial charge in [0, 0.05) is 18.8 Å². The van der Waals surface area contributed by atoms with Crippen molar-refractivity contribution in [1.82, 2.24) is 19.8 Å². The zero-order chi connectivity index (χ0) is 18.2. The molecule has 3 heterocycles. The van der Waals surface area contributed by atoms with Crippen molar-refractivity contribution in [2.75, 3.05) is 6.54 Å². The van der Waals surface area contributed by atoms with Crippen LogP contribution in [0.1, 0.15) is 34.8 Å². The van der Waals surface area contributed by atoms with Crippen LogP contribution >= 0.6 is 0 Å². The summed E-state index contributed by atoms with van der Waals surface area (Å²) in [7, 11) is 0. The predicted octanol–water partition coefficient (Wildman–Crippen LogP) is 1.63. The molecule has 1 unspecified atom stereocenters. The highest BCUT2D eigenvalue weighted by atomic mass is 19.4. The maximum atomic E-state index is 12.5. The Bertz CT molecular complexity index is 798. The Hall–Kier alpha value is -2.85. The van der Waals surface area contributed by atoms with E-state index in [1.54, 1.807) is 0 Å². The standard InChI is InChI=1S/C14H13F3N4O4/c15-14(16,17)11-3-5-20(18-11)7-8-6-9(19-25-8)12(22)21-4-1-2-10(21)13(23)24/h3,5-6,10H,1-2,4,7H2,(H,23,24). The molecule has 134 valence electrons. The molecular formula is C14H13F3N4O4. The highest BCUT2D eigenvalue weighted by Gasteiger charge is 2.36. The maximum absolute atomic E-state index is 12.5. The van der Waals surface area contributed by atoms with Gasteiger partial charge in [0.25, 0.3) is 5.91 Å². The fraction of sp³-hybridized carbons (Fsp3) is 0.429. The second-order valence-corrected chi connectivity index (χ2v) is 5.57.